The average Bonchev–Trinajstić information content (AvgIpc) is 2.61. The van der Waals surface area contributed by atoms with Crippen LogP contribution in [0.5, 0.6) is 0 Å². The summed E-state index contributed by atoms with van der Waals surface area (Å²) in [5.74, 6) is 0.626. The lowest BCUT2D eigenvalue weighted by Crippen LogP contribution is -2.34. The molecule has 1 aromatic rings. The zero-order chi connectivity index (χ0) is 12.2. The van der Waals surface area contributed by atoms with E-state index in [9.17, 15) is 4.79 Å². The summed E-state index contributed by atoms with van der Waals surface area (Å²) >= 11 is 9.50. The molecule has 1 N–H and O–H groups in total. The first kappa shape index (κ1) is 14.3. The predicted molar refractivity (Wildman–Crippen MR) is 78.5 cm³/mol. The third kappa shape index (κ3) is 4.59. The van der Waals surface area contributed by atoms with Crippen LogP contribution in [0.2, 0.25) is 0 Å². The summed E-state index contributed by atoms with van der Waals surface area (Å²) in [5, 5.41) is 4.82. The highest BCUT2D eigenvalue weighted by molar-refractivity contribution is 14.1. The van der Waals surface area contributed by atoms with Gasteiger partial charge in [0.15, 0.2) is 0 Å². The van der Waals surface area contributed by atoms with Crippen molar-refractivity contribution in [3.05, 3.63) is 19.9 Å². The second kappa shape index (κ2) is 6.21. The quantitative estimate of drug-likeness (QED) is 0.620. The van der Waals surface area contributed by atoms with E-state index in [-0.39, 0.29) is 11.3 Å². The number of thiophene rings is 1. The molecule has 0 radical (unpaired) electrons. The lowest BCUT2D eigenvalue weighted by atomic mass is 9.90. The van der Waals surface area contributed by atoms with Crippen LogP contribution in [0.25, 0.3) is 0 Å². The van der Waals surface area contributed by atoms with Gasteiger partial charge in [0.1, 0.15) is 0 Å². The molecule has 0 aliphatic rings. The van der Waals surface area contributed by atoms with Gasteiger partial charge in [0, 0.05) is 17.8 Å². The highest BCUT2D eigenvalue weighted by atomic mass is 127. The minimum absolute atomic E-state index is 0.00168. The third-order valence-corrected chi connectivity index (χ3v) is 4.31. The van der Waals surface area contributed by atoms with Crippen LogP contribution in [0.15, 0.2) is 11.4 Å². The van der Waals surface area contributed by atoms with Gasteiger partial charge in [-0.15, -0.1) is 22.9 Å². The summed E-state index contributed by atoms with van der Waals surface area (Å²) < 4.78 is 1.13. The van der Waals surface area contributed by atoms with E-state index in [1.54, 1.807) is 11.3 Å². The molecule has 1 amide bonds. The monoisotopic (exact) mass is 371 g/mol. The second-order valence-corrected chi connectivity index (χ2v) is 7.61. The molecule has 5 heteroatoms. The van der Waals surface area contributed by atoms with Gasteiger partial charge in [-0.2, -0.15) is 0 Å². The largest absolute Gasteiger partial charge is 0.351 e. The lowest BCUT2D eigenvalue weighted by Gasteiger charge is -2.23. The summed E-state index contributed by atoms with van der Waals surface area (Å²) in [6.45, 7) is 4.87. The molecule has 0 unspecified atom stereocenters. The molecule has 0 aromatic carbocycles. The van der Waals surface area contributed by atoms with Crippen LogP contribution in [0.3, 0.4) is 0 Å². The van der Waals surface area contributed by atoms with E-state index in [0.29, 0.717) is 12.4 Å². The average molecular weight is 372 g/mol. The van der Waals surface area contributed by atoms with Crippen molar-refractivity contribution in [3.8, 4) is 0 Å². The highest BCUT2D eigenvalue weighted by Gasteiger charge is 2.18. The number of carbonyl (C=O) groups is 1. The zero-order valence-corrected chi connectivity index (χ0v) is 13.1. The van der Waals surface area contributed by atoms with Gasteiger partial charge < -0.3 is 5.32 Å². The maximum atomic E-state index is 11.8. The molecule has 2 nitrogen and oxygen atoms in total. The van der Waals surface area contributed by atoms with Crippen molar-refractivity contribution in [2.45, 2.75) is 20.3 Å². The molecule has 1 rings (SSSR count). The van der Waals surface area contributed by atoms with Gasteiger partial charge in [0.2, 0.25) is 0 Å². The maximum Gasteiger partial charge on any atom is 0.252 e. The molecule has 1 heterocycles. The fourth-order valence-electron chi connectivity index (χ4n) is 1.19. The van der Waals surface area contributed by atoms with Gasteiger partial charge in [-0.05, 0) is 40.5 Å². The molecule has 0 aliphatic heterocycles. The van der Waals surface area contributed by atoms with Crippen LogP contribution in [-0.2, 0) is 0 Å². The molecule has 0 fully saturated rings. The van der Waals surface area contributed by atoms with E-state index in [1.807, 2.05) is 11.4 Å². The Balaban J connectivity index is 2.47. The smallest absolute Gasteiger partial charge is 0.252 e. The number of rotatable bonds is 5. The van der Waals surface area contributed by atoms with Crippen molar-refractivity contribution in [2.75, 3.05) is 12.4 Å². The van der Waals surface area contributed by atoms with Crippen LogP contribution >= 0.6 is 45.5 Å². The molecule has 0 saturated carbocycles. The van der Waals surface area contributed by atoms with Crippen LogP contribution in [0.4, 0.5) is 0 Å². The van der Waals surface area contributed by atoms with Gasteiger partial charge >= 0.3 is 0 Å². The molecule has 0 atom stereocenters. The Morgan fingerprint density at radius 1 is 1.62 bits per heavy atom. The summed E-state index contributed by atoms with van der Waals surface area (Å²) in [4.78, 5) is 11.8. The molecule has 0 aliphatic carbocycles. The van der Waals surface area contributed by atoms with Crippen LogP contribution in [0.1, 0.15) is 30.6 Å². The Bertz CT molecular complexity index is 365. The Hall–Kier alpha value is 0.190. The summed E-state index contributed by atoms with van der Waals surface area (Å²) in [5.41, 5.74) is 0.803. The van der Waals surface area contributed by atoms with Gasteiger partial charge in [-0.1, -0.05) is 13.8 Å². The van der Waals surface area contributed by atoms with Gasteiger partial charge in [-0.3, -0.25) is 4.79 Å². The summed E-state index contributed by atoms with van der Waals surface area (Å²) in [7, 11) is 0. The van der Waals surface area contributed by atoms with Gasteiger partial charge in [0.25, 0.3) is 5.91 Å². The fraction of sp³-hybridized carbons (Fsp3) is 0.545. The first-order valence-electron chi connectivity index (χ1n) is 5.03. The molecule has 0 bridgehead atoms. The second-order valence-electron chi connectivity index (χ2n) is 4.43. The number of amides is 1. The van der Waals surface area contributed by atoms with E-state index >= 15 is 0 Å². The minimum Gasteiger partial charge on any atom is -0.351 e. The first-order valence-corrected chi connectivity index (χ1v) is 7.52. The maximum absolute atomic E-state index is 11.8. The Morgan fingerprint density at radius 3 is 2.81 bits per heavy atom. The SMILES string of the molecule is CC(C)(CCCl)CNC(=O)c1csc(I)c1. The number of carbonyl (C=O) groups excluding carboxylic acids is 1. The number of halogens is 2. The zero-order valence-electron chi connectivity index (χ0n) is 9.35. The predicted octanol–water partition coefficient (Wildman–Crippen LogP) is 3.74. The van der Waals surface area contributed by atoms with E-state index in [0.717, 1.165) is 14.9 Å². The van der Waals surface area contributed by atoms with E-state index in [1.165, 1.54) is 0 Å². The first-order chi connectivity index (χ1) is 7.44. The fourth-order valence-corrected chi connectivity index (χ4v) is 3.03. The standard InChI is InChI=1S/C11H15ClINOS/c1-11(2,3-4-12)7-14-10(15)8-5-9(13)16-6-8/h5-6H,3-4,7H2,1-2H3,(H,14,15). The molecule has 0 saturated heterocycles. The normalized spacial score (nSPS) is 11.5. The third-order valence-electron chi connectivity index (χ3n) is 2.33. The lowest BCUT2D eigenvalue weighted by molar-refractivity contribution is 0.0936. The van der Waals surface area contributed by atoms with Gasteiger partial charge in [-0.25, -0.2) is 0 Å². The van der Waals surface area contributed by atoms with E-state index in [2.05, 4.69) is 41.8 Å². The number of nitrogens with one attached hydrogen (secondary N) is 1. The van der Waals surface area contributed by atoms with E-state index < -0.39 is 0 Å². The van der Waals surface area contributed by atoms with Crippen molar-refractivity contribution < 1.29 is 4.79 Å². The van der Waals surface area contributed by atoms with Crippen LogP contribution in [-0.4, -0.2) is 18.3 Å². The van der Waals surface area contributed by atoms with Gasteiger partial charge in [0.05, 0.1) is 8.45 Å². The summed E-state index contributed by atoms with van der Waals surface area (Å²) in [6.07, 6.45) is 0.899. The summed E-state index contributed by atoms with van der Waals surface area (Å²) in [6, 6.07) is 1.90. The topological polar surface area (TPSA) is 29.1 Å². The minimum atomic E-state index is 0.00168. The van der Waals surface area contributed by atoms with E-state index in [4.69, 9.17) is 11.6 Å². The molecule has 0 spiro atoms. The van der Waals surface area contributed by atoms with Crippen LogP contribution < -0.4 is 5.32 Å². The van der Waals surface area contributed by atoms with Crippen molar-refractivity contribution >= 4 is 51.4 Å². The molecule has 16 heavy (non-hydrogen) atoms. The number of hydrogen-bond donors (Lipinski definition) is 1. The van der Waals surface area contributed by atoms with Crippen molar-refractivity contribution in [1.29, 1.82) is 0 Å². The number of alkyl halides is 1. The highest BCUT2D eigenvalue weighted by Crippen LogP contribution is 2.20. The number of hydrogen-bond acceptors (Lipinski definition) is 2. The Kier molecular flexibility index (Phi) is 5.53. The molecule has 1 aromatic heterocycles. The Labute approximate surface area is 119 Å². The molecular formula is C11H15ClINOS. The van der Waals surface area contributed by atoms with Crippen molar-refractivity contribution in [3.63, 3.8) is 0 Å². The molecular weight excluding hydrogens is 357 g/mol. The Morgan fingerprint density at radius 2 is 2.31 bits per heavy atom. The van der Waals surface area contributed by atoms with Crippen molar-refractivity contribution in [1.82, 2.24) is 5.32 Å². The van der Waals surface area contributed by atoms with Crippen molar-refractivity contribution in [2.24, 2.45) is 5.41 Å². The van der Waals surface area contributed by atoms with Crippen LogP contribution in [0, 0.1) is 8.30 Å². The molecule has 90 valence electrons.